The molecular formula is C15H11Cl6N3O2. The van der Waals surface area contributed by atoms with Crippen LogP contribution in [0.1, 0.15) is 23.0 Å². The predicted octanol–water partition coefficient (Wildman–Crippen LogP) is 5.71. The van der Waals surface area contributed by atoms with Gasteiger partial charge in [0.05, 0.1) is 14.2 Å². The molecule has 0 radical (unpaired) electrons. The summed E-state index contributed by atoms with van der Waals surface area (Å²) in [6, 6.07) is 5.29. The quantitative estimate of drug-likeness (QED) is 0.528. The molecule has 0 saturated carbocycles. The van der Waals surface area contributed by atoms with Crippen LogP contribution in [0.3, 0.4) is 0 Å². The lowest BCUT2D eigenvalue weighted by atomic mass is 10.1. The second-order valence-electron chi connectivity index (χ2n) is 4.78. The van der Waals surface area contributed by atoms with Crippen LogP contribution in [0.4, 0.5) is 0 Å². The number of methoxy groups -OCH3 is 2. The zero-order valence-electron chi connectivity index (χ0n) is 13.3. The zero-order valence-corrected chi connectivity index (χ0v) is 17.8. The third-order valence-corrected chi connectivity index (χ3v) is 4.03. The van der Waals surface area contributed by atoms with Gasteiger partial charge in [0.1, 0.15) is 11.5 Å². The van der Waals surface area contributed by atoms with Crippen molar-refractivity contribution in [3.05, 3.63) is 41.2 Å². The number of ether oxygens (including phenoxy) is 2. The van der Waals surface area contributed by atoms with Crippen molar-refractivity contribution in [3.63, 3.8) is 0 Å². The Morgan fingerprint density at radius 1 is 0.808 bits per heavy atom. The minimum absolute atomic E-state index is 0.139. The third kappa shape index (κ3) is 5.65. The van der Waals surface area contributed by atoms with E-state index in [-0.39, 0.29) is 17.5 Å². The maximum atomic E-state index is 5.84. The molecule has 0 bridgehead atoms. The first kappa shape index (κ1) is 21.6. The fourth-order valence-electron chi connectivity index (χ4n) is 1.84. The highest BCUT2D eigenvalue weighted by molar-refractivity contribution is 6.67. The molecule has 1 heterocycles. The molecule has 0 atom stereocenters. The van der Waals surface area contributed by atoms with E-state index in [1.807, 2.05) is 0 Å². The Labute approximate surface area is 180 Å². The summed E-state index contributed by atoms with van der Waals surface area (Å²) in [6.07, 6.45) is 3.24. The van der Waals surface area contributed by atoms with Crippen LogP contribution < -0.4 is 9.47 Å². The van der Waals surface area contributed by atoms with Crippen LogP contribution in [0, 0.1) is 0 Å². The van der Waals surface area contributed by atoms with Crippen molar-refractivity contribution in [2.45, 2.75) is 7.59 Å². The van der Waals surface area contributed by atoms with E-state index in [4.69, 9.17) is 79.1 Å². The van der Waals surface area contributed by atoms with E-state index in [0.717, 1.165) is 5.56 Å². The molecule has 1 aromatic carbocycles. The van der Waals surface area contributed by atoms with Gasteiger partial charge in [0, 0.05) is 11.6 Å². The number of aromatic nitrogens is 3. The van der Waals surface area contributed by atoms with Gasteiger partial charge >= 0.3 is 0 Å². The maximum Gasteiger partial charge on any atom is 0.250 e. The number of halogens is 6. The first-order valence-corrected chi connectivity index (χ1v) is 9.12. The van der Waals surface area contributed by atoms with E-state index >= 15 is 0 Å². The largest absolute Gasteiger partial charge is 0.497 e. The van der Waals surface area contributed by atoms with E-state index in [0.29, 0.717) is 11.5 Å². The van der Waals surface area contributed by atoms with Crippen LogP contribution in [0.15, 0.2) is 18.2 Å². The lowest BCUT2D eigenvalue weighted by Crippen LogP contribution is -2.16. The fraction of sp³-hybridized carbons (Fsp3) is 0.267. The minimum atomic E-state index is -1.91. The van der Waals surface area contributed by atoms with Gasteiger partial charge in [-0.3, -0.25) is 0 Å². The Morgan fingerprint density at radius 3 is 1.85 bits per heavy atom. The predicted molar refractivity (Wildman–Crippen MR) is 107 cm³/mol. The van der Waals surface area contributed by atoms with E-state index < -0.39 is 7.59 Å². The summed E-state index contributed by atoms with van der Waals surface area (Å²) in [5, 5.41) is 0. The fourth-order valence-corrected chi connectivity index (χ4v) is 2.35. The molecule has 0 aliphatic rings. The summed E-state index contributed by atoms with van der Waals surface area (Å²) in [7, 11) is 3.10. The Hall–Kier alpha value is -0.690. The summed E-state index contributed by atoms with van der Waals surface area (Å²) in [5.41, 5.74) is 0.736. The number of benzene rings is 1. The molecule has 2 rings (SSSR count). The molecule has 26 heavy (non-hydrogen) atoms. The van der Waals surface area contributed by atoms with Gasteiger partial charge in [0.15, 0.2) is 17.5 Å². The van der Waals surface area contributed by atoms with Crippen LogP contribution in [0.2, 0.25) is 0 Å². The Bertz CT molecular complexity index is 786. The van der Waals surface area contributed by atoms with Gasteiger partial charge in [-0.2, -0.15) is 0 Å². The standard InChI is InChI=1S/C15H11Cl6N3O2/c1-25-9-5-3-8(10(7-9)26-2)4-6-11-22-12(14(16,17)18)24-13(23-11)15(19,20)21/h3-7H,1-2H3/b6-4+. The molecule has 0 fully saturated rings. The summed E-state index contributed by atoms with van der Waals surface area (Å²) in [6.45, 7) is 0. The molecule has 1 aromatic heterocycles. The van der Waals surface area contributed by atoms with Crippen LogP contribution in [-0.4, -0.2) is 29.2 Å². The number of rotatable bonds is 4. The lowest BCUT2D eigenvalue weighted by Gasteiger charge is -2.14. The van der Waals surface area contributed by atoms with Crippen molar-refractivity contribution in [2.75, 3.05) is 14.2 Å². The van der Waals surface area contributed by atoms with Crippen LogP contribution >= 0.6 is 69.6 Å². The molecule has 0 aliphatic carbocycles. The molecule has 0 N–H and O–H groups in total. The van der Waals surface area contributed by atoms with Crippen LogP contribution in [0.25, 0.3) is 12.2 Å². The smallest absolute Gasteiger partial charge is 0.250 e. The van der Waals surface area contributed by atoms with Crippen LogP contribution in [0.5, 0.6) is 11.5 Å². The normalized spacial score (nSPS) is 12.5. The summed E-state index contributed by atoms with van der Waals surface area (Å²) >= 11 is 35.0. The molecular weight excluding hydrogens is 467 g/mol. The first-order chi connectivity index (χ1) is 12.0. The highest BCUT2D eigenvalue weighted by atomic mass is 35.6. The molecule has 0 aliphatic heterocycles. The van der Waals surface area contributed by atoms with Crippen molar-refractivity contribution in [3.8, 4) is 11.5 Å². The average Bonchev–Trinajstić information content (AvgIpc) is 2.58. The number of alkyl halides is 6. The highest BCUT2D eigenvalue weighted by Crippen LogP contribution is 2.40. The van der Waals surface area contributed by atoms with Gasteiger partial charge in [-0.1, -0.05) is 69.6 Å². The van der Waals surface area contributed by atoms with Gasteiger partial charge in [-0.25, -0.2) is 15.0 Å². The summed E-state index contributed by atoms with van der Waals surface area (Å²) < 4.78 is 6.66. The number of hydrogen-bond donors (Lipinski definition) is 0. The van der Waals surface area contributed by atoms with Gasteiger partial charge < -0.3 is 9.47 Å². The van der Waals surface area contributed by atoms with Crippen molar-refractivity contribution in [1.29, 1.82) is 0 Å². The summed E-state index contributed by atoms with van der Waals surface area (Å²) in [4.78, 5) is 12.1. The van der Waals surface area contributed by atoms with Crippen LogP contribution in [-0.2, 0) is 7.59 Å². The number of nitrogens with zero attached hydrogens (tertiary/aromatic N) is 3. The molecule has 0 unspecified atom stereocenters. The second-order valence-corrected chi connectivity index (χ2v) is 9.34. The minimum Gasteiger partial charge on any atom is -0.497 e. The second kappa shape index (κ2) is 8.55. The van der Waals surface area contributed by atoms with Crippen molar-refractivity contribution >= 4 is 81.8 Å². The van der Waals surface area contributed by atoms with Gasteiger partial charge in [-0.05, 0) is 24.3 Å². The Morgan fingerprint density at radius 2 is 1.38 bits per heavy atom. The van der Waals surface area contributed by atoms with E-state index in [1.54, 1.807) is 37.5 Å². The monoisotopic (exact) mass is 475 g/mol. The topological polar surface area (TPSA) is 57.1 Å². The maximum absolute atomic E-state index is 5.84. The molecule has 11 heteroatoms. The molecule has 5 nitrogen and oxygen atoms in total. The number of hydrogen-bond acceptors (Lipinski definition) is 5. The molecule has 2 aromatic rings. The highest BCUT2D eigenvalue weighted by Gasteiger charge is 2.33. The first-order valence-electron chi connectivity index (χ1n) is 6.85. The SMILES string of the molecule is COc1ccc(/C=C/c2nc(C(Cl)(Cl)Cl)nc(C(Cl)(Cl)Cl)n2)c(OC)c1. The van der Waals surface area contributed by atoms with Gasteiger partial charge in [0.2, 0.25) is 7.59 Å². The van der Waals surface area contributed by atoms with Crippen molar-refractivity contribution in [1.82, 2.24) is 15.0 Å². The van der Waals surface area contributed by atoms with E-state index in [2.05, 4.69) is 15.0 Å². The van der Waals surface area contributed by atoms with Crippen molar-refractivity contribution < 1.29 is 9.47 Å². The van der Waals surface area contributed by atoms with Gasteiger partial charge in [0.25, 0.3) is 0 Å². The Kier molecular flexibility index (Phi) is 7.10. The van der Waals surface area contributed by atoms with Gasteiger partial charge in [-0.15, -0.1) is 0 Å². The Balaban J connectivity index is 2.47. The summed E-state index contributed by atoms with van der Waals surface area (Å²) in [5.74, 6) is 1.04. The molecule has 0 amide bonds. The zero-order chi connectivity index (χ0) is 19.5. The van der Waals surface area contributed by atoms with Crippen molar-refractivity contribution in [2.24, 2.45) is 0 Å². The van der Waals surface area contributed by atoms with E-state index in [1.165, 1.54) is 7.11 Å². The molecule has 0 spiro atoms. The molecule has 140 valence electrons. The molecule has 0 saturated heterocycles. The average molecular weight is 478 g/mol. The van der Waals surface area contributed by atoms with E-state index in [9.17, 15) is 0 Å². The lowest BCUT2D eigenvalue weighted by molar-refractivity contribution is 0.394. The third-order valence-electron chi connectivity index (χ3n) is 3.01.